The lowest BCUT2D eigenvalue weighted by atomic mass is 9.83. The molecule has 2 rings (SSSR count). The van der Waals surface area contributed by atoms with Gasteiger partial charge in [0, 0.05) is 17.0 Å². The van der Waals surface area contributed by atoms with Crippen LogP contribution in [0.3, 0.4) is 0 Å². The molecule has 0 heterocycles. The third-order valence-electron chi connectivity index (χ3n) is 3.89. The van der Waals surface area contributed by atoms with E-state index in [9.17, 15) is 4.79 Å². The van der Waals surface area contributed by atoms with Gasteiger partial charge in [0.15, 0.2) is 5.78 Å². The molecule has 0 N–H and O–H groups in total. The van der Waals surface area contributed by atoms with Crippen LogP contribution >= 0.6 is 0 Å². The van der Waals surface area contributed by atoms with E-state index in [-0.39, 0.29) is 17.1 Å². The number of methoxy groups -OCH3 is 1. The highest BCUT2D eigenvalue weighted by Gasteiger charge is 2.33. The van der Waals surface area contributed by atoms with Crippen LogP contribution in [-0.4, -0.2) is 12.9 Å². The van der Waals surface area contributed by atoms with E-state index in [4.69, 9.17) is 4.74 Å². The van der Waals surface area contributed by atoms with Gasteiger partial charge in [-0.2, -0.15) is 0 Å². The molecule has 2 heteroatoms. The molecule has 0 saturated carbocycles. The van der Waals surface area contributed by atoms with Crippen molar-refractivity contribution in [2.24, 2.45) is 5.92 Å². The zero-order chi connectivity index (χ0) is 13.7. The number of carbonyl (C=O) groups is 1. The van der Waals surface area contributed by atoms with Crippen LogP contribution in [0.2, 0.25) is 0 Å². The third-order valence-corrected chi connectivity index (χ3v) is 3.89. The van der Waals surface area contributed by atoms with Crippen molar-refractivity contribution in [1.29, 1.82) is 0 Å². The van der Waals surface area contributed by atoms with Gasteiger partial charge in [0.2, 0.25) is 0 Å². The van der Waals surface area contributed by atoms with Crippen molar-refractivity contribution in [3.63, 3.8) is 0 Å². The zero-order valence-corrected chi connectivity index (χ0v) is 12.2. The number of hydrogen-bond acceptors (Lipinski definition) is 2. The van der Waals surface area contributed by atoms with E-state index in [1.165, 1.54) is 5.56 Å². The molecule has 18 heavy (non-hydrogen) atoms. The zero-order valence-electron chi connectivity index (χ0n) is 12.2. The van der Waals surface area contributed by atoms with Gasteiger partial charge in [0.1, 0.15) is 5.75 Å². The van der Waals surface area contributed by atoms with E-state index in [0.717, 1.165) is 28.9 Å². The predicted molar refractivity (Wildman–Crippen MR) is 73.6 cm³/mol. The summed E-state index contributed by atoms with van der Waals surface area (Å²) in [7, 11) is 1.71. The smallest absolute Gasteiger partial charge is 0.166 e. The van der Waals surface area contributed by atoms with Gasteiger partial charge < -0.3 is 4.74 Å². The molecule has 1 aliphatic carbocycles. The van der Waals surface area contributed by atoms with Crippen molar-refractivity contribution >= 4 is 5.78 Å². The fourth-order valence-corrected chi connectivity index (χ4v) is 2.81. The Balaban J connectivity index is 2.73. The van der Waals surface area contributed by atoms with Crippen molar-refractivity contribution in [3.8, 4) is 5.75 Å². The van der Waals surface area contributed by atoms with E-state index in [2.05, 4.69) is 27.7 Å². The summed E-state index contributed by atoms with van der Waals surface area (Å²) < 4.78 is 5.59. The Labute approximate surface area is 109 Å². The van der Waals surface area contributed by atoms with E-state index in [1.54, 1.807) is 7.11 Å². The first-order valence-electron chi connectivity index (χ1n) is 6.52. The number of ether oxygens (including phenoxy) is 1. The molecule has 0 radical (unpaired) electrons. The Kier molecular flexibility index (Phi) is 3.00. The van der Waals surface area contributed by atoms with Crippen LogP contribution in [0, 0.1) is 12.8 Å². The van der Waals surface area contributed by atoms with Crippen LogP contribution < -0.4 is 4.74 Å². The van der Waals surface area contributed by atoms with Crippen molar-refractivity contribution in [2.75, 3.05) is 7.11 Å². The third kappa shape index (κ3) is 1.84. The topological polar surface area (TPSA) is 26.3 Å². The standard InChI is InChI=1S/C16H22O2/c1-9-7-11-10(2)15(18-6)13(16(3,4)5)8-12(11)14(9)17/h8-9H,7H2,1-6H3. The van der Waals surface area contributed by atoms with E-state index in [1.807, 2.05) is 13.0 Å². The molecule has 0 fully saturated rings. The molecule has 0 amide bonds. The minimum Gasteiger partial charge on any atom is -0.496 e. The molecule has 1 aliphatic rings. The highest BCUT2D eigenvalue weighted by Crippen LogP contribution is 2.41. The fraction of sp³-hybridized carbons (Fsp3) is 0.562. The number of rotatable bonds is 1. The summed E-state index contributed by atoms with van der Waals surface area (Å²) in [5.41, 5.74) is 4.33. The Morgan fingerprint density at radius 2 is 1.94 bits per heavy atom. The van der Waals surface area contributed by atoms with Crippen LogP contribution in [0.4, 0.5) is 0 Å². The predicted octanol–water partition coefficient (Wildman–Crippen LogP) is 3.68. The second-order valence-corrected chi connectivity index (χ2v) is 6.33. The number of Topliss-reactive ketones (excluding diaryl/α,β-unsaturated/α-hetero) is 1. The monoisotopic (exact) mass is 246 g/mol. The quantitative estimate of drug-likeness (QED) is 0.755. The summed E-state index contributed by atoms with van der Waals surface area (Å²) in [5, 5.41) is 0. The van der Waals surface area contributed by atoms with Gasteiger partial charge in [0.05, 0.1) is 7.11 Å². The molecule has 0 aliphatic heterocycles. The number of benzene rings is 1. The summed E-state index contributed by atoms with van der Waals surface area (Å²) in [4.78, 5) is 12.2. The van der Waals surface area contributed by atoms with Gasteiger partial charge in [-0.15, -0.1) is 0 Å². The molecule has 1 aromatic carbocycles. The number of fused-ring (bicyclic) bond motifs is 1. The molecular formula is C16H22O2. The summed E-state index contributed by atoms with van der Waals surface area (Å²) in [6.45, 7) is 10.5. The van der Waals surface area contributed by atoms with Gasteiger partial charge in [-0.05, 0) is 36.0 Å². The molecule has 1 unspecified atom stereocenters. The maximum atomic E-state index is 12.2. The molecule has 0 bridgehead atoms. The average molecular weight is 246 g/mol. The summed E-state index contributed by atoms with van der Waals surface area (Å²) >= 11 is 0. The molecule has 0 saturated heterocycles. The summed E-state index contributed by atoms with van der Waals surface area (Å²) in [6.07, 6.45) is 0.848. The van der Waals surface area contributed by atoms with Crippen LogP contribution in [0.25, 0.3) is 0 Å². The lowest BCUT2D eigenvalue weighted by Gasteiger charge is -2.25. The normalized spacial score (nSPS) is 19.0. The van der Waals surface area contributed by atoms with Crippen LogP contribution in [0.15, 0.2) is 6.07 Å². The number of ketones is 1. The van der Waals surface area contributed by atoms with Crippen molar-refractivity contribution in [3.05, 3.63) is 28.3 Å². The largest absolute Gasteiger partial charge is 0.496 e. The second-order valence-electron chi connectivity index (χ2n) is 6.33. The van der Waals surface area contributed by atoms with Gasteiger partial charge in [-0.25, -0.2) is 0 Å². The summed E-state index contributed by atoms with van der Waals surface area (Å²) in [5.74, 6) is 1.34. The molecular weight excluding hydrogens is 224 g/mol. The minimum atomic E-state index is -0.0166. The van der Waals surface area contributed by atoms with Crippen LogP contribution in [0.5, 0.6) is 5.75 Å². The lowest BCUT2D eigenvalue weighted by Crippen LogP contribution is -2.15. The molecule has 1 atom stereocenters. The van der Waals surface area contributed by atoms with Gasteiger partial charge in [-0.3, -0.25) is 4.79 Å². The molecule has 2 nitrogen and oxygen atoms in total. The van der Waals surface area contributed by atoms with E-state index >= 15 is 0 Å². The minimum absolute atomic E-state index is 0.0166. The van der Waals surface area contributed by atoms with Gasteiger partial charge >= 0.3 is 0 Å². The fourth-order valence-electron chi connectivity index (χ4n) is 2.81. The summed E-state index contributed by atoms with van der Waals surface area (Å²) in [6, 6.07) is 2.05. The second kappa shape index (κ2) is 4.11. The highest BCUT2D eigenvalue weighted by molar-refractivity contribution is 6.03. The lowest BCUT2D eigenvalue weighted by molar-refractivity contribution is 0.0946. The van der Waals surface area contributed by atoms with Crippen molar-refractivity contribution in [1.82, 2.24) is 0 Å². The first-order chi connectivity index (χ1) is 8.27. The van der Waals surface area contributed by atoms with E-state index in [0.29, 0.717) is 0 Å². The van der Waals surface area contributed by atoms with E-state index < -0.39 is 0 Å². The van der Waals surface area contributed by atoms with Crippen molar-refractivity contribution in [2.45, 2.75) is 46.5 Å². The molecule has 98 valence electrons. The number of carbonyl (C=O) groups excluding carboxylic acids is 1. The Bertz CT molecular complexity index is 507. The van der Waals surface area contributed by atoms with Crippen molar-refractivity contribution < 1.29 is 9.53 Å². The molecule has 0 spiro atoms. The number of hydrogen-bond donors (Lipinski definition) is 0. The Morgan fingerprint density at radius 1 is 1.33 bits per heavy atom. The van der Waals surface area contributed by atoms with Crippen LogP contribution in [0.1, 0.15) is 54.7 Å². The Morgan fingerprint density at radius 3 is 2.44 bits per heavy atom. The highest BCUT2D eigenvalue weighted by atomic mass is 16.5. The first-order valence-corrected chi connectivity index (χ1v) is 6.52. The maximum Gasteiger partial charge on any atom is 0.166 e. The molecule has 0 aromatic heterocycles. The molecule has 1 aromatic rings. The average Bonchev–Trinajstić information content (AvgIpc) is 2.55. The van der Waals surface area contributed by atoms with Gasteiger partial charge in [0.25, 0.3) is 0 Å². The Hall–Kier alpha value is -1.31. The maximum absolute atomic E-state index is 12.2. The van der Waals surface area contributed by atoms with Crippen LogP contribution in [-0.2, 0) is 11.8 Å². The SMILES string of the molecule is COc1c(C(C)(C)C)cc2c(c1C)CC(C)C2=O. The first kappa shape index (κ1) is 13.1. The van der Waals surface area contributed by atoms with Gasteiger partial charge in [-0.1, -0.05) is 27.7 Å².